The zero-order valence-corrected chi connectivity index (χ0v) is 15.3. The van der Waals surface area contributed by atoms with E-state index in [2.05, 4.69) is 27.4 Å². The van der Waals surface area contributed by atoms with Gasteiger partial charge in [-0.2, -0.15) is 0 Å². The molecular formula is C22H21N3O2. The third kappa shape index (κ3) is 3.31. The van der Waals surface area contributed by atoms with E-state index < -0.39 is 0 Å². The van der Waals surface area contributed by atoms with Gasteiger partial charge in [0.15, 0.2) is 0 Å². The van der Waals surface area contributed by atoms with E-state index in [0.717, 1.165) is 39.3 Å². The Morgan fingerprint density at radius 3 is 2.48 bits per heavy atom. The minimum atomic E-state index is -0.104. The molecule has 0 fully saturated rings. The highest BCUT2D eigenvalue weighted by molar-refractivity contribution is 5.81. The van der Waals surface area contributed by atoms with Crippen LogP contribution < -0.4 is 14.8 Å². The number of nitrogens with zero attached hydrogens (tertiary/aromatic N) is 1. The van der Waals surface area contributed by atoms with Crippen LogP contribution in [0, 0.1) is 0 Å². The summed E-state index contributed by atoms with van der Waals surface area (Å²) in [5, 5.41) is 4.71. The normalized spacial score (nSPS) is 11.9. The summed E-state index contributed by atoms with van der Waals surface area (Å²) < 4.78 is 10.9. The molecule has 5 nitrogen and oxygen atoms in total. The Bertz CT molecular complexity index is 1040. The van der Waals surface area contributed by atoms with Crippen molar-refractivity contribution in [3.8, 4) is 11.5 Å². The number of aromatic amines is 1. The van der Waals surface area contributed by atoms with Crippen LogP contribution in [0.4, 0.5) is 5.69 Å². The van der Waals surface area contributed by atoms with Crippen molar-refractivity contribution in [2.24, 2.45) is 0 Å². The summed E-state index contributed by atoms with van der Waals surface area (Å²) in [5.41, 5.74) is 4.02. The van der Waals surface area contributed by atoms with E-state index in [1.807, 2.05) is 54.7 Å². The Morgan fingerprint density at radius 1 is 0.889 bits per heavy atom. The van der Waals surface area contributed by atoms with Crippen LogP contribution in [0.15, 0.2) is 73.1 Å². The van der Waals surface area contributed by atoms with Gasteiger partial charge in [0.2, 0.25) is 0 Å². The van der Waals surface area contributed by atoms with Crippen molar-refractivity contribution < 1.29 is 9.47 Å². The van der Waals surface area contributed by atoms with Crippen molar-refractivity contribution in [2.75, 3.05) is 19.5 Å². The van der Waals surface area contributed by atoms with E-state index >= 15 is 0 Å². The molecule has 0 saturated heterocycles. The summed E-state index contributed by atoms with van der Waals surface area (Å²) in [5.74, 6) is 1.66. The average Bonchev–Trinajstić information content (AvgIpc) is 3.16. The van der Waals surface area contributed by atoms with Crippen LogP contribution in [-0.4, -0.2) is 24.2 Å². The molecule has 0 amide bonds. The van der Waals surface area contributed by atoms with E-state index in [-0.39, 0.29) is 6.04 Å². The minimum absolute atomic E-state index is 0.104. The second-order valence-electron chi connectivity index (χ2n) is 6.19. The molecule has 0 aliphatic carbocycles. The van der Waals surface area contributed by atoms with Crippen molar-refractivity contribution in [3.63, 3.8) is 0 Å². The Kier molecular flexibility index (Phi) is 4.66. The number of aromatic nitrogens is 2. The monoisotopic (exact) mass is 359 g/mol. The summed E-state index contributed by atoms with van der Waals surface area (Å²) in [6.45, 7) is 0. The van der Waals surface area contributed by atoms with Gasteiger partial charge in [0.1, 0.15) is 17.1 Å². The van der Waals surface area contributed by atoms with Gasteiger partial charge in [-0.05, 0) is 42.5 Å². The molecule has 0 saturated carbocycles. The Labute approximate surface area is 158 Å². The molecule has 27 heavy (non-hydrogen) atoms. The molecule has 0 radical (unpaired) electrons. The molecule has 5 heteroatoms. The molecule has 1 atom stereocenters. The SMILES string of the molecule is COc1ccc(NC(c2ccccc2OC)c2c[nH]c3ncccc23)cc1. The minimum Gasteiger partial charge on any atom is -0.497 e. The smallest absolute Gasteiger partial charge is 0.137 e. The summed E-state index contributed by atoms with van der Waals surface area (Å²) in [6, 6.07) is 19.9. The third-order valence-corrected chi connectivity index (χ3v) is 4.65. The van der Waals surface area contributed by atoms with Crippen molar-refractivity contribution in [1.29, 1.82) is 0 Å². The molecule has 0 spiro atoms. The number of ether oxygens (including phenoxy) is 2. The summed E-state index contributed by atoms with van der Waals surface area (Å²) >= 11 is 0. The molecule has 2 aromatic heterocycles. The van der Waals surface area contributed by atoms with E-state index in [1.165, 1.54) is 0 Å². The highest BCUT2D eigenvalue weighted by Crippen LogP contribution is 2.36. The largest absolute Gasteiger partial charge is 0.497 e. The lowest BCUT2D eigenvalue weighted by Gasteiger charge is -2.22. The van der Waals surface area contributed by atoms with Crippen molar-refractivity contribution >= 4 is 16.7 Å². The predicted molar refractivity (Wildman–Crippen MR) is 108 cm³/mol. The van der Waals surface area contributed by atoms with Crippen molar-refractivity contribution in [3.05, 3.63) is 84.2 Å². The second kappa shape index (κ2) is 7.41. The maximum Gasteiger partial charge on any atom is 0.137 e. The van der Waals surface area contributed by atoms with Gasteiger partial charge < -0.3 is 19.8 Å². The molecule has 2 N–H and O–H groups in total. The van der Waals surface area contributed by atoms with Gasteiger partial charge >= 0.3 is 0 Å². The molecule has 0 aliphatic heterocycles. The molecule has 2 aromatic carbocycles. The van der Waals surface area contributed by atoms with E-state index in [9.17, 15) is 0 Å². The third-order valence-electron chi connectivity index (χ3n) is 4.65. The highest BCUT2D eigenvalue weighted by Gasteiger charge is 2.21. The number of benzene rings is 2. The first-order valence-electron chi connectivity index (χ1n) is 8.75. The second-order valence-corrected chi connectivity index (χ2v) is 6.19. The number of H-pyrrole nitrogens is 1. The van der Waals surface area contributed by atoms with E-state index in [0.29, 0.717) is 0 Å². The lowest BCUT2D eigenvalue weighted by atomic mass is 9.97. The zero-order chi connectivity index (χ0) is 18.6. The lowest BCUT2D eigenvalue weighted by molar-refractivity contribution is 0.408. The van der Waals surface area contributed by atoms with Gasteiger partial charge in [-0.25, -0.2) is 4.98 Å². The molecule has 0 bridgehead atoms. The van der Waals surface area contributed by atoms with Crippen LogP contribution in [0.25, 0.3) is 11.0 Å². The standard InChI is InChI=1S/C22H21N3O2/c1-26-16-11-9-15(10-12-16)25-21(18-6-3-4-8-20(18)27-2)19-14-24-22-17(19)7-5-13-23-22/h3-14,21,25H,1-2H3,(H,23,24). The molecule has 4 rings (SSSR count). The number of hydrogen-bond acceptors (Lipinski definition) is 4. The van der Waals surface area contributed by atoms with Crippen LogP contribution in [0.3, 0.4) is 0 Å². The highest BCUT2D eigenvalue weighted by atomic mass is 16.5. The molecular weight excluding hydrogens is 338 g/mol. The maximum atomic E-state index is 5.62. The first kappa shape index (κ1) is 17.0. The number of para-hydroxylation sites is 1. The topological polar surface area (TPSA) is 59.2 Å². The first-order chi connectivity index (χ1) is 13.3. The number of fused-ring (bicyclic) bond motifs is 1. The number of hydrogen-bond donors (Lipinski definition) is 2. The van der Waals surface area contributed by atoms with Gasteiger partial charge in [-0.1, -0.05) is 18.2 Å². The molecule has 2 heterocycles. The molecule has 136 valence electrons. The quantitative estimate of drug-likeness (QED) is 0.520. The average molecular weight is 359 g/mol. The van der Waals surface area contributed by atoms with Crippen LogP contribution in [-0.2, 0) is 0 Å². The fourth-order valence-corrected chi connectivity index (χ4v) is 3.30. The number of pyridine rings is 1. The predicted octanol–water partition coefficient (Wildman–Crippen LogP) is 4.78. The van der Waals surface area contributed by atoms with Crippen molar-refractivity contribution in [1.82, 2.24) is 9.97 Å². The molecule has 1 unspecified atom stereocenters. The Morgan fingerprint density at radius 2 is 1.70 bits per heavy atom. The Hall–Kier alpha value is -3.47. The van der Waals surface area contributed by atoms with Gasteiger partial charge in [0.25, 0.3) is 0 Å². The molecule has 0 aliphatic rings. The van der Waals surface area contributed by atoms with Gasteiger partial charge in [-0.15, -0.1) is 0 Å². The van der Waals surface area contributed by atoms with Crippen LogP contribution in [0.1, 0.15) is 17.2 Å². The fraction of sp³-hybridized carbons (Fsp3) is 0.136. The molecule has 4 aromatic rings. The number of methoxy groups -OCH3 is 2. The lowest BCUT2D eigenvalue weighted by Crippen LogP contribution is -2.13. The Balaban J connectivity index is 1.81. The van der Waals surface area contributed by atoms with Crippen LogP contribution in [0.2, 0.25) is 0 Å². The fourth-order valence-electron chi connectivity index (χ4n) is 3.30. The number of anilines is 1. The maximum absolute atomic E-state index is 5.62. The van der Waals surface area contributed by atoms with Gasteiger partial charge in [0, 0.05) is 34.6 Å². The van der Waals surface area contributed by atoms with Crippen LogP contribution in [0.5, 0.6) is 11.5 Å². The summed E-state index contributed by atoms with van der Waals surface area (Å²) in [7, 11) is 3.36. The number of nitrogens with one attached hydrogen (secondary N) is 2. The summed E-state index contributed by atoms with van der Waals surface area (Å²) in [4.78, 5) is 7.69. The van der Waals surface area contributed by atoms with E-state index in [1.54, 1.807) is 20.4 Å². The first-order valence-corrected chi connectivity index (χ1v) is 8.75. The summed E-state index contributed by atoms with van der Waals surface area (Å²) in [6.07, 6.45) is 3.79. The van der Waals surface area contributed by atoms with Crippen LogP contribution >= 0.6 is 0 Å². The number of rotatable bonds is 6. The van der Waals surface area contributed by atoms with Gasteiger partial charge in [0.05, 0.1) is 20.3 Å². The van der Waals surface area contributed by atoms with Crippen molar-refractivity contribution in [2.45, 2.75) is 6.04 Å². The van der Waals surface area contributed by atoms with E-state index in [4.69, 9.17) is 9.47 Å². The van der Waals surface area contributed by atoms with Gasteiger partial charge in [-0.3, -0.25) is 0 Å². The zero-order valence-electron chi connectivity index (χ0n) is 15.3.